The van der Waals surface area contributed by atoms with Crippen LogP contribution in [0.25, 0.3) is 0 Å². The van der Waals surface area contributed by atoms with Gasteiger partial charge in [-0.05, 0) is 29.7 Å². The zero-order chi connectivity index (χ0) is 16.1. The average molecular weight is 311 g/mol. The number of hydrogen-bond donors (Lipinski definition) is 2. The Morgan fingerprint density at radius 3 is 2.78 bits per heavy atom. The summed E-state index contributed by atoms with van der Waals surface area (Å²) in [5.74, 6) is 0.448. The lowest BCUT2D eigenvalue weighted by molar-refractivity contribution is -0.120. The van der Waals surface area contributed by atoms with Crippen molar-refractivity contribution in [2.45, 2.75) is 18.9 Å². The molecule has 2 atom stereocenters. The van der Waals surface area contributed by atoms with Crippen LogP contribution in [0.3, 0.4) is 0 Å². The molecule has 1 heterocycles. The fourth-order valence-corrected chi connectivity index (χ4v) is 3.01. The number of amides is 1. The molecule has 0 spiro atoms. The van der Waals surface area contributed by atoms with Crippen LogP contribution >= 0.6 is 0 Å². The van der Waals surface area contributed by atoms with E-state index in [9.17, 15) is 9.90 Å². The third-order valence-corrected chi connectivity index (χ3v) is 4.18. The monoisotopic (exact) mass is 311 g/mol. The minimum Gasteiger partial charge on any atom is -0.508 e. The zero-order valence-electron chi connectivity index (χ0n) is 12.9. The fraction of sp³-hybridized carbons (Fsp3) is 0.316. The van der Waals surface area contributed by atoms with Gasteiger partial charge < -0.3 is 15.2 Å². The summed E-state index contributed by atoms with van der Waals surface area (Å²) in [6, 6.07) is 16.9. The van der Waals surface area contributed by atoms with Crippen molar-refractivity contribution in [2.75, 3.05) is 13.2 Å². The van der Waals surface area contributed by atoms with Crippen molar-refractivity contribution in [1.29, 1.82) is 0 Å². The number of benzene rings is 2. The van der Waals surface area contributed by atoms with Gasteiger partial charge in [-0.2, -0.15) is 0 Å². The maximum absolute atomic E-state index is 12.1. The Morgan fingerprint density at radius 1 is 1.17 bits per heavy atom. The van der Waals surface area contributed by atoms with Crippen LogP contribution in [0.4, 0.5) is 0 Å². The molecule has 23 heavy (non-hydrogen) atoms. The molecule has 0 saturated carbocycles. The Hall–Kier alpha value is -2.33. The van der Waals surface area contributed by atoms with E-state index in [0.29, 0.717) is 12.5 Å². The van der Waals surface area contributed by atoms with Gasteiger partial charge in [0.2, 0.25) is 5.91 Å². The molecule has 0 aliphatic carbocycles. The van der Waals surface area contributed by atoms with Crippen LogP contribution in [0.2, 0.25) is 0 Å². The number of aromatic hydroxyl groups is 1. The number of rotatable bonds is 5. The predicted octanol–water partition coefficient (Wildman–Crippen LogP) is 2.83. The summed E-state index contributed by atoms with van der Waals surface area (Å²) in [4.78, 5) is 12.1. The summed E-state index contributed by atoms with van der Waals surface area (Å²) in [7, 11) is 0. The van der Waals surface area contributed by atoms with E-state index in [1.54, 1.807) is 18.2 Å². The van der Waals surface area contributed by atoms with Gasteiger partial charge in [-0.1, -0.05) is 42.5 Å². The van der Waals surface area contributed by atoms with Crippen molar-refractivity contribution >= 4 is 5.91 Å². The molecule has 1 amide bonds. The van der Waals surface area contributed by atoms with Crippen LogP contribution in [0.1, 0.15) is 23.7 Å². The third-order valence-electron chi connectivity index (χ3n) is 4.18. The molecule has 1 aliphatic rings. The summed E-state index contributed by atoms with van der Waals surface area (Å²) in [6.45, 7) is 1.34. The lowest BCUT2D eigenvalue weighted by Crippen LogP contribution is -2.31. The molecule has 2 N–H and O–H groups in total. The van der Waals surface area contributed by atoms with Gasteiger partial charge in [-0.25, -0.2) is 0 Å². The summed E-state index contributed by atoms with van der Waals surface area (Å²) < 4.78 is 5.83. The first-order valence-corrected chi connectivity index (χ1v) is 7.93. The molecule has 0 unspecified atom stereocenters. The van der Waals surface area contributed by atoms with Crippen LogP contribution in [0.15, 0.2) is 54.6 Å². The molecular formula is C19H21NO3. The normalized spacial score (nSPS) is 20.3. The highest BCUT2D eigenvalue weighted by molar-refractivity contribution is 5.78. The van der Waals surface area contributed by atoms with Crippen LogP contribution in [0.5, 0.6) is 5.75 Å². The molecular weight excluding hydrogens is 290 g/mol. The second-order valence-corrected chi connectivity index (χ2v) is 5.90. The van der Waals surface area contributed by atoms with Gasteiger partial charge in [-0.15, -0.1) is 0 Å². The molecule has 2 aromatic rings. The summed E-state index contributed by atoms with van der Waals surface area (Å²) >= 11 is 0. The van der Waals surface area contributed by atoms with E-state index in [2.05, 4.69) is 17.4 Å². The van der Waals surface area contributed by atoms with Crippen molar-refractivity contribution in [3.05, 3.63) is 65.7 Å². The Bertz CT molecular complexity index is 657. The van der Waals surface area contributed by atoms with Crippen LogP contribution < -0.4 is 5.32 Å². The molecule has 1 aliphatic heterocycles. The van der Waals surface area contributed by atoms with E-state index < -0.39 is 0 Å². The number of carbonyl (C=O) groups is 1. The van der Waals surface area contributed by atoms with Gasteiger partial charge in [0.25, 0.3) is 0 Å². The van der Waals surface area contributed by atoms with Crippen molar-refractivity contribution in [1.82, 2.24) is 5.32 Å². The van der Waals surface area contributed by atoms with Crippen LogP contribution in [-0.4, -0.2) is 24.2 Å². The topological polar surface area (TPSA) is 58.6 Å². The summed E-state index contributed by atoms with van der Waals surface area (Å²) in [6.07, 6.45) is 1.28. The quantitative estimate of drug-likeness (QED) is 0.892. The minimum absolute atomic E-state index is 0.0330. The molecule has 120 valence electrons. The van der Waals surface area contributed by atoms with Gasteiger partial charge in [-0.3, -0.25) is 4.79 Å². The zero-order valence-corrected chi connectivity index (χ0v) is 12.9. The highest BCUT2D eigenvalue weighted by Gasteiger charge is 2.29. The standard InChI is InChI=1S/C19H21NO3/c21-17-8-4-5-14(11-17)12-18(22)20-13-16-9-10-23-19(16)15-6-2-1-3-7-15/h1-8,11,16,19,21H,9-10,12-13H2,(H,20,22)/t16-,19+/m0/s1. The molecule has 0 aromatic heterocycles. The first-order valence-electron chi connectivity index (χ1n) is 7.93. The second-order valence-electron chi connectivity index (χ2n) is 5.90. The van der Waals surface area contributed by atoms with E-state index in [-0.39, 0.29) is 24.2 Å². The molecule has 0 bridgehead atoms. The maximum Gasteiger partial charge on any atom is 0.224 e. The molecule has 4 heteroatoms. The van der Waals surface area contributed by atoms with Crippen LogP contribution in [-0.2, 0) is 16.0 Å². The Morgan fingerprint density at radius 2 is 2.00 bits per heavy atom. The Labute approximate surface area is 136 Å². The highest BCUT2D eigenvalue weighted by Crippen LogP contribution is 2.33. The molecule has 1 saturated heterocycles. The minimum atomic E-state index is -0.0330. The fourth-order valence-electron chi connectivity index (χ4n) is 3.01. The molecule has 1 fully saturated rings. The number of hydrogen-bond acceptors (Lipinski definition) is 3. The average Bonchev–Trinajstić information content (AvgIpc) is 3.02. The first kappa shape index (κ1) is 15.6. The molecule has 4 nitrogen and oxygen atoms in total. The van der Waals surface area contributed by atoms with E-state index in [1.807, 2.05) is 24.3 Å². The number of nitrogens with one attached hydrogen (secondary N) is 1. The third kappa shape index (κ3) is 4.11. The van der Waals surface area contributed by atoms with E-state index in [1.165, 1.54) is 0 Å². The molecule has 0 radical (unpaired) electrons. The Kier molecular flexibility index (Phi) is 4.93. The van der Waals surface area contributed by atoms with Gasteiger partial charge in [0.15, 0.2) is 0 Å². The van der Waals surface area contributed by atoms with E-state index in [0.717, 1.165) is 24.2 Å². The maximum atomic E-state index is 12.1. The number of phenols is 1. The Balaban J connectivity index is 1.54. The summed E-state index contributed by atoms with van der Waals surface area (Å²) in [5.41, 5.74) is 1.97. The first-order chi connectivity index (χ1) is 11.2. The van der Waals surface area contributed by atoms with Gasteiger partial charge in [0.1, 0.15) is 5.75 Å². The molecule has 3 rings (SSSR count). The smallest absolute Gasteiger partial charge is 0.224 e. The highest BCUT2D eigenvalue weighted by atomic mass is 16.5. The van der Waals surface area contributed by atoms with E-state index >= 15 is 0 Å². The number of phenolic OH excluding ortho intramolecular Hbond substituents is 1. The lowest BCUT2D eigenvalue weighted by Gasteiger charge is -2.19. The van der Waals surface area contributed by atoms with Crippen LogP contribution in [0, 0.1) is 5.92 Å². The van der Waals surface area contributed by atoms with Gasteiger partial charge in [0.05, 0.1) is 12.5 Å². The molecule has 2 aromatic carbocycles. The number of carbonyl (C=O) groups excluding carboxylic acids is 1. The predicted molar refractivity (Wildman–Crippen MR) is 88.1 cm³/mol. The van der Waals surface area contributed by atoms with Crippen molar-refractivity contribution in [3.8, 4) is 5.75 Å². The van der Waals surface area contributed by atoms with Crippen molar-refractivity contribution in [3.63, 3.8) is 0 Å². The SMILES string of the molecule is O=C(Cc1cccc(O)c1)NC[C@@H]1CCO[C@@H]1c1ccccc1. The van der Waals surface area contributed by atoms with Gasteiger partial charge in [0, 0.05) is 19.1 Å². The van der Waals surface area contributed by atoms with Gasteiger partial charge >= 0.3 is 0 Å². The largest absolute Gasteiger partial charge is 0.508 e. The van der Waals surface area contributed by atoms with E-state index in [4.69, 9.17) is 4.74 Å². The summed E-state index contributed by atoms with van der Waals surface area (Å²) in [5, 5.41) is 12.4. The second kappa shape index (κ2) is 7.29. The lowest BCUT2D eigenvalue weighted by atomic mass is 9.95. The number of ether oxygens (including phenoxy) is 1. The van der Waals surface area contributed by atoms with Crippen molar-refractivity contribution < 1.29 is 14.6 Å². The van der Waals surface area contributed by atoms with Crippen molar-refractivity contribution in [2.24, 2.45) is 5.92 Å².